The summed E-state index contributed by atoms with van der Waals surface area (Å²) < 4.78 is 0. The van der Waals surface area contributed by atoms with Gasteiger partial charge in [0, 0.05) is 83.3 Å². The molecule has 6 heteroatoms. The van der Waals surface area contributed by atoms with Crippen LogP contribution in [0.15, 0.2) is 42.5 Å². The quantitative estimate of drug-likeness (QED) is 0.208. The van der Waals surface area contributed by atoms with E-state index in [0.717, 1.165) is 0 Å². The number of rotatable bonds is 4. The number of hydrogen-bond acceptors (Lipinski definition) is 3. The molecule has 0 aromatic heterocycles. The van der Waals surface area contributed by atoms with Crippen molar-refractivity contribution in [1.82, 2.24) is 0 Å². The minimum absolute atomic E-state index is 0. The van der Waals surface area contributed by atoms with Crippen LogP contribution in [0.3, 0.4) is 0 Å². The SMILES string of the molecule is CC(C)(C)C=CC(=O)/C=C/C(C)(C)C.CC(C)(C)C=[C-]C(=O)C(C)(C)C.CC(C)(C)C=[C-]C(=O)C(C)(C)C.CC(C)(C)[C-]=CC(C)(C)C.[U].[U].[W]. The molecule has 0 unspecified atom stereocenters. The molecular formula is C45H79O3U2W-3. The third-order valence-electron chi connectivity index (χ3n) is 5.07. The summed E-state index contributed by atoms with van der Waals surface area (Å²) in [5.41, 5.74) is 0.0995. The van der Waals surface area contributed by atoms with Crippen LogP contribution in [-0.4, -0.2) is 17.3 Å². The van der Waals surface area contributed by atoms with Crippen molar-refractivity contribution in [2.45, 2.75) is 166 Å². The molecule has 51 heavy (non-hydrogen) atoms. The molecule has 0 rings (SSSR count). The fraction of sp³-hybridized carbons (Fsp3) is 0.711. The van der Waals surface area contributed by atoms with E-state index in [2.05, 4.69) is 149 Å². The van der Waals surface area contributed by atoms with Gasteiger partial charge in [0.1, 0.15) is 0 Å². The van der Waals surface area contributed by atoms with Gasteiger partial charge in [-0.1, -0.05) is 195 Å². The monoisotopic (exact) mass is 1330 g/mol. The normalized spacial score (nSPS) is 13.3. The van der Waals surface area contributed by atoms with E-state index in [4.69, 9.17) is 0 Å². The van der Waals surface area contributed by atoms with Crippen LogP contribution in [-0.2, 0) is 35.4 Å². The van der Waals surface area contributed by atoms with Gasteiger partial charge < -0.3 is 27.8 Å². The standard InChI is InChI=1S/C13H22O.2C11H19O.C10H19.2U.W/c1-12(2,3)9-7-11(14)8-10-13(4,5)6;2*1-10(2,3)8-7-9(12)11(4,5)6;1-9(2,3)7-8-10(4,5)6;;;/h7-10H,1-6H3;2*8H,1-6H3;7H,1-6H3;;;/q;3*-1;;;/b9-7+,10-8?;;;;;;. The molecule has 294 valence electrons. The van der Waals surface area contributed by atoms with E-state index in [0.29, 0.717) is 0 Å². The first-order valence-corrected chi connectivity index (χ1v) is 17.4. The van der Waals surface area contributed by atoms with Gasteiger partial charge in [0.25, 0.3) is 0 Å². The second-order valence-electron chi connectivity index (χ2n) is 21.2. The molecule has 0 aliphatic heterocycles. The summed E-state index contributed by atoms with van der Waals surface area (Å²) in [7, 11) is 0. The molecule has 3 nitrogen and oxygen atoms in total. The van der Waals surface area contributed by atoms with Crippen molar-refractivity contribution in [3.8, 4) is 0 Å². The summed E-state index contributed by atoms with van der Waals surface area (Å²) >= 11 is 0. The molecule has 0 saturated carbocycles. The van der Waals surface area contributed by atoms with Crippen LogP contribution >= 0.6 is 0 Å². The summed E-state index contributed by atoms with van der Waals surface area (Å²) in [5.74, 6) is 0.199. The zero-order valence-electron chi connectivity index (χ0n) is 37.7. The molecule has 0 fully saturated rings. The molecule has 0 amide bonds. The first-order chi connectivity index (χ1) is 20.6. The Kier molecular flexibility index (Phi) is 35.3. The number of Topliss-reactive ketones (excluding diaryl/α,β-unsaturated/α-hetero) is 2. The summed E-state index contributed by atoms with van der Waals surface area (Å²) in [6.07, 6.45) is 21.9. The van der Waals surface area contributed by atoms with E-state index < -0.39 is 0 Å². The van der Waals surface area contributed by atoms with Gasteiger partial charge in [0.15, 0.2) is 5.78 Å². The van der Waals surface area contributed by atoms with Gasteiger partial charge in [0.05, 0.1) is 0 Å². The average molecular weight is 1330 g/mol. The topological polar surface area (TPSA) is 51.2 Å². The molecule has 0 radical (unpaired) electrons. The van der Waals surface area contributed by atoms with Crippen LogP contribution in [0.25, 0.3) is 0 Å². The second kappa shape index (κ2) is 27.2. The van der Waals surface area contributed by atoms with Crippen LogP contribution in [0.1, 0.15) is 166 Å². The Balaban J connectivity index is -0.0000000999. The molecular weight excluding hydrogens is 1250 g/mol. The van der Waals surface area contributed by atoms with Gasteiger partial charge in [-0.05, 0) is 45.4 Å². The van der Waals surface area contributed by atoms with Crippen molar-refractivity contribution in [2.75, 3.05) is 0 Å². The maximum Gasteiger partial charge on any atom is 0.178 e. The largest absolute Gasteiger partial charge is 0.494 e. The Morgan fingerprint density at radius 1 is 0.392 bits per heavy atom. The van der Waals surface area contributed by atoms with Crippen molar-refractivity contribution in [2.24, 2.45) is 43.3 Å². The fourth-order valence-corrected chi connectivity index (χ4v) is 2.15. The van der Waals surface area contributed by atoms with E-state index in [1.165, 1.54) is 0 Å². The zero-order chi connectivity index (χ0) is 39.8. The minimum Gasteiger partial charge on any atom is -0.494 e. The smallest absolute Gasteiger partial charge is 0.178 e. The molecule has 0 aromatic rings. The van der Waals surface area contributed by atoms with E-state index in [-0.39, 0.29) is 144 Å². The molecule has 0 atom stereocenters. The Hall–Kier alpha value is 0.502. The Labute approximate surface area is 381 Å². The van der Waals surface area contributed by atoms with Crippen LogP contribution < -0.4 is 0 Å². The van der Waals surface area contributed by atoms with Crippen molar-refractivity contribution < 1.29 is 97.7 Å². The van der Waals surface area contributed by atoms with E-state index in [1.807, 2.05) is 65.8 Å². The van der Waals surface area contributed by atoms with Gasteiger partial charge >= 0.3 is 0 Å². The van der Waals surface area contributed by atoms with E-state index in [1.54, 1.807) is 12.2 Å². The van der Waals surface area contributed by atoms with Gasteiger partial charge in [-0.15, -0.1) is 0 Å². The maximum absolute atomic E-state index is 11.4. The summed E-state index contributed by atoms with van der Waals surface area (Å²) in [6, 6.07) is 0. The first-order valence-electron chi connectivity index (χ1n) is 17.4. The number of ketones is 3. The molecule has 0 aliphatic carbocycles. The van der Waals surface area contributed by atoms with Gasteiger partial charge in [0.2, 0.25) is 0 Å². The van der Waals surface area contributed by atoms with Crippen LogP contribution in [0, 0.1) is 124 Å². The van der Waals surface area contributed by atoms with Crippen molar-refractivity contribution in [3.63, 3.8) is 0 Å². The molecule has 0 N–H and O–H groups in total. The fourth-order valence-electron chi connectivity index (χ4n) is 2.15. The van der Waals surface area contributed by atoms with Crippen LogP contribution in [0.2, 0.25) is 0 Å². The van der Waals surface area contributed by atoms with Crippen LogP contribution in [0.4, 0.5) is 0 Å². The zero-order valence-corrected chi connectivity index (χ0v) is 48.9. The third kappa shape index (κ3) is 62.8. The molecule has 0 heterocycles. The Morgan fingerprint density at radius 2 is 0.627 bits per heavy atom. The first kappa shape index (κ1) is 66.3. The molecule has 0 spiro atoms. The van der Waals surface area contributed by atoms with Crippen molar-refractivity contribution in [3.05, 3.63) is 60.8 Å². The van der Waals surface area contributed by atoms with Gasteiger partial charge in [-0.3, -0.25) is 23.0 Å². The average Bonchev–Trinajstić information content (AvgIpc) is 2.79. The molecule has 0 bridgehead atoms. The molecule has 0 saturated heterocycles. The molecule has 0 aliphatic rings. The maximum atomic E-state index is 11.4. The number of allylic oxidation sites excluding steroid dienone is 10. The van der Waals surface area contributed by atoms with E-state index in [9.17, 15) is 14.4 Å². The second-order valence-corrected chi connectivity index (χ2v) is 21.2. The van der Waals surface area contributed by atoms with E-state index >= 15 is 0 Å². The van der Waals surface area contributed by atoms with Crippen molar-refractivity contribution >= 4 is 17.3 Å². The number of carbonyl (C=O) groups is 3. The Bertz CT molecular complexity index is 1020. The summed E-state index contributed by atoms with van der Waals surface area (Å²) in [4.78, 5) is 34.1. The van der Waals surface area contributed by atoms with Gasteiger partial charge in [-0.2, -0.15) is 5.41 Å². The summed E-state index contributed by atoms with van der Waals surface area (Å²) in [6.45, 7) is 49.2. The number of hydrogen-bond donors (Lipinski definition) is 0. The number of carbonyl (C=O) groups excluding carboxylic acids is 3. The summed E-state index contributed by atoms with van der Waals surface area (Å²) in [5, 5.41) is 0. The predicted molar refractivity (Wildman–Crippen MR) is 212 cm³/mol. The molecule has 0 aromatic carbocycles. The Morgan fingerprint density at radius 3 is 0.765 bits per heavy atom. The predicted octanol–water partition coefficient (Wildman–Crippen LogP) is 13.2. The van der Waals surface area contributed by atoms with Crippen LogP contribution in [0.5, 0.6) is 0 Å². The third-order valence-corrected chi connectivity index (χ3v) is 5.07. The minimum atomic E-state index is -0.304. The van der Waals surface area contributed by atoms with Gasteiger partial charge in [-0.25, -0.2) is 0 Å². The van der Waals surface area contributed by atoms with Crippen molar-refractivity contribution in [1.29, 1.82) is 0 Å².